The third kappa shape index (κ3) is 3.85. The number of nitrogens with zero attached hydrogens (tertiary/aromatic N) is 1. The zero-order valence-corrected chi connectivity index (χ0v) is 15.5. The summed E-state index contributed by atoms with van der Waals surface area (Å²) in [7, 11) is -2.45. The van der Waals surface area contributed by atoms with Gasteiger partial charge in [-0.2, -0.15) is 17.4 Å². The monoisotopic (exact) mass is 403 g/mol. The molecule has 0 aliphatic carbocycles. The minimum atomic E-state index is -3.79. The maximum absolute atomic E-state index is 13.2. The van der Waals surface area contributed by atoms with Gasteiger partial charge < -0.3 is 5.32 Å². The molecule has 0 radical (unpaired) electrons. The van der Waals surface area contributed by atoms with Crippen LogP contribution in [0.3, 0.4) is 0 Å². The second-order valence-corrected chi connectivity index (χ2v) is 8.73. The molecule has 1 saturated heterocycles. The first-order valence-electron chi connectivity index (χ1n) is 7.32. The second-order valence-electron chi connectivity index (χ2n) is 5.58. The van der Waals surface area contributed by atoms with Crippen LogP contribution in [0.4, 0.5) is 10.1 Å². The number of benzene rings is 1. The average molecular weight is 404 g/mol. The molecule has 25 heavy (non-hydrogen) atoms. The minimum Gasteiger partial charge on any atom is -0.325 e. The molecule has 2 atom stereocenters. The average Bonchev–Trinajstić information content (AvgIpc) is 3.07. The summed E-state index contributed by atoms with van der Waals surface area (Å²) in [6.45, 7) is 0. The van der Waals surface area contributed by atoms with Gasteiger partial charge in [0.1, 0.15) is 11.9 Å². The molecular weight excluding hydrogens is 389 g/mol. The topological polar surface area (TPSA) is 78.5 Å². The van der Waals surface area contributed by atoms with Crippen LogP contribution in [0.1, 0.15) is 17.3 Å². The minimum absolute atomic E-state index is 0.124. The fourth-order valence-corrected chi connectivity index (χ4v) is 4.90. The number of likely N-dealkylation sites (N-methyl/N-ethyl adjacent to an activating group) is 1. The fraction of sp³-hybridized carbons (Fsp3) is 0.267. The number of amides is 1. The Bertz CT molecular complexity index is 889. The van der Waals surface area contributed by atoms with E-state index < -0.39 is 34.0 Å². The number of hydrogen-bond donors (Lipinski definition) is 2. The van der Waals surface area contributed by atoms with Crippen molar-refractivity contribution in [3.8, 4) is 0 Å². The van der Waals surface area contributed by atoms with E-state index in [2.05, 4.69) is 10.0 Å². The lowest BCUT2D eigenvalue weighted by atomic mass is 10.1. The molecular formula is C15H15ClFN3O3S2. The van der Waals surface area contributed by atoms with Gasteiger partial charge in [0.15, 0.2) is 0 Å². The van der Waals surface area contributed by atoms with Crippen molar-refractivity contribution in [2.24, 2.45) is 0 Å². The maximum Gasteiger partial charge on any atom is 0.280 e. The van der Waals surface area contributed by atoms with Gasteiger partial charge in [-0.1, -0.05) is 17.7 Å². The number of carbonyl (C=O) groups excluding carboxylic acids is 1. The van der Waals surface area contributed by atoms with Gasteiger partial charge in [-0.25, -0.2) is 4.39 Å². The van der Waals surface area contributed by atoms with Gasteiger partial charge in [-0.05, 0) is 36.1 Å². The molecule has 2 N–H and O–H groups in total. The summed E-state index contributed by atoms with van der Waals surface area (Å²) >= 11 is 7.12. The molecule has 1 aliphatic rings. The number of halogens is 2. The highest BCUT2D eigenvalue weighted by Crippen LogP contribution is 2.31. The Kier molecular flexibility index (Phi) is 5.12. The summed E-state index contributed by atoms with van der Waals surface area (Å²) in [5, 5.41) is 4.31. The van der Waals surface area contributed by atoms with Crippen LogP contribution >= 0.6 is 22.9 Å². The molecule has 3 rings (SSSR count). The summed E-state index contributed by atoms with van der Waals surface area (Å²) in [5.41, 5.74) is 0.299. The van der Waals surface area contributed by atoms with Gasteiger partial charge in [0.05, 0.1) is 11.1 Å². The lowest BCUT2D eigenvalue weighted by molar-refractivity contribution is -0.120. The number of thiophene rings is 1. The molecule has 1 aromatic heterocycles. The highest BCUT2D eigenvalue weighted by atomic mass is 35.5. The molecule has 1 aromatic carbocycles. The van der Waals surface area contributed by atoms with E-state index in [0.717, 1.165) is 15.2 Å². The lowest BCUT2D eigenvalue weighted by Gasteiger charge is -2.35. The number of anilines is 1. The SMILES string of the molecule is CN1C(C(=O)Nc2ccc(F)c(Cl)c2)CC(c2cccs2)NS1(=O)=O. The van der Waals surface area contributed by atoms with Crippen LogP contribution in [0, 0.1) is 5.82 Å². The van der Waals surface area contributed by atoms with E-state index in [1.165, 1.54) is 30.5 Å². The smallest absolute Gasteiger partial charge is 0.280 e. The summed E-state index contributed by atoms with van der Waals surface area (Å²) in [6, 6.07) is 6.04. The second kappa shape index (κ2) is 7.00. The largest absolute Gasteiger partial charge is 0.325 e. The van der Waals surface area contributed by atoms with E-state index in [0.29, 0.717) is 5.69 Å². The fourth-order valence-electron chi connectivity index (χ4n) is 2.59. The van der Waals surface area contributed by atoms with Gasteiger partial charge in [-0.15, -0.1) is 11.3 Å². The van der Waals surface area contributed by atoms with Gasteiger partial charge in [0.25, 0.3) is 10.2 Å². The van der Waals surface area contributed by atoms with Crippen molar-refractivity contribution in [1.29, 1.82) is 0 Å². The molecule has 6 nitrogen and oxygen atoms in total. The van der Waals surface area contributed by atoms with Crippen LogP contribution in [0.2, 0.25) is 5.02 Å². The Hall–Kier alpha value is -1.52. The molecule has 2 unspecified atom stereocenters. The van der Waals surface area contributed by atoms with Crippen molar-refractivity contribution in [1.82, 2.24) is 9.03 Å². The quantitative estimate of drug-likeness (QED) is 0.827. The van der Waals surface area contributed by atoms with E-state index in [4.69, 9.17) is 11.6 Å². The summed E-state index contributed by atoms with van der Waals surface area (Å²) in [5.74, 6) is -1.10. The molecule has 2 heterocycles. The molecule has 0 spiro atoms. The Labute approximate surface area is 153 Å². The van der Waals surface area contributed by atoms with Crippen molar-refractivity contribution >= 4 is 44.7 Å². The number of hydrogen-bond acceptors (Lipinski definition) is 4. The van der Waals surface area contributed by atoms with Gasteiger partial charge in [-0.3, -0.25) is 4.79 Å². The standard InChI is InChI=1S/C15H15ClFN3O3S2/c1-20-13(15(21)18-9-4-5-11(17)10(16)7-9)8-12(19-25(20,22)23)14-3-2-6-24-14/h2-7,12-13,19H,8H2,1H3,(H,18,21). The van der Waals surface area contributed by atoms with Crippen LogP contribution in [0.25, 0.3) is 0 Å². The first-order valence-corrected chi connectivity index (χ1v) is 10.0. The zero-order valence-electron chi connectivity index (χ0n) is 13.1. The van der Waals surface area contributed by atoms with Crippen molar-refractivity contribution in [2.45, 2.75) is 18.5 Å². The number of carbonyl (C=O) groups is 1. The third-order valence-electron chi connectivity index (χ3n) is 3.94. The molecule has 1 fully saturated rings. The predicted molar refractivity (Wildman–Crippen MR) is 95.3 cm³/mol. The summed E-state index contributed by atoms with van der Waals surface area (Å²) < 4.78 is 41.4. The van der Waals surface area contributed by atoms with Crippen LogP contribution < -0.4 is 10.0 Å². The molecule has 1 aliphatic heterocycles. The predicted octanol–water partition coefficient (Wildman–Crippen LogP) is 2.76. The maximum atomic E-state index is 13.2. The first-order chi connectivity index (χ1) is 11.8. The Morgan fingerprint density at radius 1 is 1.44 bits per heavy atom. The Morgan fingerprint density at radius 2 is 2.20 bits per heavy atom. The molecule has 1 amide bonds. The van der Waals surface area contributed by atoms with Crippen LogP contribution in [-0.2, 0) is 15.0 Å². The Morgan fingerprint density at radius 3 is 2.84 bits per heavy atom. The van der Waals surface area contributed by atoms with Crippen molar-refractivity contribution in [3.63, 3.8) is 0 Å². The van der Waals surface area contributed by atoms with E-state index in [1.54, 1.807) is 0 Å². The molecule has 10 heteroatoms. The van der Waals surface area contributed by atoms with E-state index >= 15 is 0 Å². The summed E-state index contributed by atoms with van der Waals surface area (Å²) in [6.07, 6.45) is 0.275. The number of nitrogens with one attached hydrogen (secondary N) is 2. The highest BCUT2D eigenvalue weighted by molar-refractivity contribution is 7.87. The van der Waals surface area contributed by atoms with Crippen molar-refractivity contribution < 1.29 is 17.6 Å². The van der Waals surface area contributed by atoms with Crippen molar-refractivity contribution in [3.05, 3.63) is 51.4 Å². The molecule has 134 valence electrons. The third-order valence-corrected chi connectivity index (χ3v) is 6.82. The summed E-state index contributed by atoms with van der Waals surface area (Å²) in [4.78, 5) is 13.4. The van der Waals surface area contributed by atoms with Crippen LogP contribution in [0.15, 0.2) is 35.7 Å². The van der Waals surface area contributed by atoms with Crippen LogP contribution in [-0.4, -0.2) is 31.7 Å². The lowest BCUT2D eigenvalue weighted by Crippen LogP contribution is -2.55. The van der Waals surface area contributed by atoms with E-state index in [-0.39, 0.29) is 11.4 Å². The zero-order chi connectivity index (χ0) is 18.2. The first kappa shape index (κ1) is 18.3. The van der Waals surface area contributed by atoms with Gasteiger partial charge in [0, 0.05) is 17.6 Å². The molecule has 0 bridgehead atoms. The normalized spacial score (nSPS) is 23.3. The van der Waals surface area contributed by atoms with E-state index in [1.807, 2.05) is 17.5 Å². The Balaban J connectivity index is 1.83. The van der Waals surface area contributed by atoms with Gasteiger partial charge >= 0.3 is 0 Å². The molecule has 0 saturated carbocycles. The van der Waals surface area contributed by atoms with E-state index in [9.17, 15) is 17.6 Å². The highest BCUT2D eigenvalue weighted by Gasteiger charge is 2.40. The van der Waals surface area contributed by atoms with Crippen LogP contribution in [0.5, 0.6) is 0 Å². The number of rotatable bonds is 3. The molecule has 2 aromatic rings. The van der Waals surface area contributed by atoms with Crippen molar-refractivity contribution in [2.75, 3.05) is 12.4 Å². The van der Waals surface area contributed by atoms with Gasteiger partial charge in [0.2, 0.25) is 5.91 Å².